The second kappa shape index (κ2) is 4.75. The van der Waals surface area contributed by atoms with E-state index in [0.29, 0.717) is 6.04 Å². The SMILES string of the molecule is Cc1nc(N(C)C)sc1CNC(C)C. The summed E-state index contributed by atoms with van der Waals surface area (Å²) < 4.78 is 0. The third-order valence-corrected chi connectivity index (χ3v) is 3.26. The molecule has 0 saturated carbocycles. The molecule has 1 aromatic heterocycles. The highest BCUT2D eigenvalue weighted by Gasteiger charge is 2.08. The van der Waals surface area contributed by atoms with E-state index >= 15 is 0 Å². The fourth-order valence-corrected chi connectivity index (χ4v) is 2.00. The van der Waals surface area contributed by atoms with Crippen LogP contribution in [0.1, 0.15) is 24.4 Å². The predicted octanol–water partition coefficient (Wildman–Crippen LogP) is 2.02. The van der Waals surface area contributed by atoms with Gasteiger partial charge in [-0.05, 0) is 6.92 Å². The van der Waals surface area contributed by atoms with Crippen LogP contribution in [0.5, 0.6) is 0 Å². The van der Waals surface area contributed by atoms with Gasteiger partial charge in [-0.1, -0.05) is 13.8 Å². The Morgan fingerprint density at radius 1 is 1.43 bits per heavy atom. The van der Waals surface area contributed by atoms with Crippen LogP contribution in [0.2, 0.25) is 0 Å². The first-order valence-electron chi connectivity index (χ1n) is 4.87. The fraction of sp³-hybridized carbons (Fsp3) is 0.700. The summed E-state index contributed by atoms with van der Waals surface area (Å²) in [6.07, 6.45) is 0. The largest absolute Gasteiger partial charge is 0.354 e. The van der Waals surface area contributed by atoms with Crippen molar-refractivity contribution in [1.29, 1.82) is 0 Å². The van der Waals surface area contributed by atoms with E-state index < -0.39 is 0 Å². The quantitative estimate of drug-likeness (QED) is 0.829. The van der Waals surface area contributed by atoms with Crippen LogP contribution in [-0.4, -0.2) is 25.1 Å². The molecule has 0 aliphatic heterocycles. The van der Waals surface area contributed by atoms with Crippen molar-refractivity contribution in [2.24, 2.45) is 0 Å². The highest BCUT2D eigenvalue weighted by molar-refractivity contribution is 7.15. The van der Waals surface area contributed by atoms with Gasteiger partial charge in [-0.2, -0.15) is 0 Å². The van der Waals surface area contributed by atoms with Crippen LogP contribution in [0, 0.1) is 6.92 Å². The maximum atomic E-state index is 4.49. The summed E-state index contributed by atoms with van der Waals surface area (Å²) >= 11 is 1.76. The van der Waals surface area contributed by atoms with E-state index in [1.165, 1.54) is 4.88 Å². The van der Waals surface area contributed by atoms with Gasteiger partial charge in [0, 0.05) is 31.6 Å². The lowest BCUT2D eigenvalue weighted by Gasteiger charge is -2.06. The van der Waals surface area contributed by atoms with Gasteiger partial charge in [-0.15, -0.1) is 11.3 Å². The molecule has 0 atom stereocenters. The molecular formula is C10H19N3S. The summed E-state index contributed by atoms with van der Waals surface area (Å²) in [5, 5.41) is 4.49. The number of hydrogen-bond donors (Lipinski definition) is 1. The molecule has 0 bridgehead atoms. The highest BCUT2D eigenvalue weighted by atomic mass is 32.1. The molecule has 0 amide bonds. The Balaban J connectivity index is 2.67. The van der Waals surface area contributed by atoms with Crippen molar-refractivity contribution >= 4 is 16.5 Å². The topological polar surface area (TPSA) is 28.2 Å². The first-order chi connectivity index (χ1) is 6.50. The third-order valence-electron chi connectivity index (χ3n) is 1.93. The smallest absolute Gasteiger partial charge is 0.185 e. The summed E-state index contributed by atoms with van der Waals surface area (Å²) in [5.74, 6) is 0. The van der Waals surface area contributed by atoms with Gasteiger partial charge in [-0.3, -0.25) is 0 Å². The summed E-state index contributed by atoms with van der Waals surface area (Å²) in [7, 11) is 4.05. The highest BCUT2D eigenvalue weighted by Crippen LogP contribution is 2.24. The molecule has 4 heteroatoms. The van der Waals surface area contributed by atoms with Gasteiger partial charge in [0.25, 0.3) is 0 Å². The monoisotopic (exact) mass is 213 g/mol. The normalized spacial score (nSPS) is 11.0. The molecule has 1 rings (SSSR count). The average Bonchev–Trinajstić information content (AvgIpc) is 2.43. The van der Waals surface area contributed by atoms with Gasteiger partial charge in [0.15, 0.2) is 5.13 Å². The van der Waals surface area contributed by atoms with Crippen LogP contribution >= 0.6 is 11.3 Å². The Morgan fingerprint density at radius 2 is 2.07 bits per heavy atom. The zero-order chi connectivity index (χ0) is 10.7. The summed E-state index contributed by atoms with van der Waals surface area (Å²) in [4.78, 5) is 7.88. The van der Waals surface area contributed by atoms with E-state index in [1.807, 2.05) is 14.1 Å². The Kier molecular flexibility index (Phi) is 3.89. The first-order valence-corrected chi connectivity index (χ1v) is 5.69. The fourth-order valence-electron chi connectivity index (χ4n) is 1.06. The lowest BCUT2D eigenvalue weighted by Crippen LogP contribution is -2.21. The molecule has 0 aliphatic rings. The van der Waals surface area contributed by atoms with Crippen LogP contribution in [0.3, 0.4) is 0 Å². The summed E-state index contributed by atoms with van der Waals surface area (Å²) in [6, 6.07) is 0.527. The minimum atomic E-state index is 0.527. The molecular weight excluding hydrogens is 194 g/mol. The van der Waals surface area contributed by atoms with Crippen LogP contribution in [0.4, 0.5) is 5.13 Å². The van der Waals surface area contributed by atoms with E-state index in [9.17, 15) is 0 Å². The molecule has 0 saturated heterocycles. The maximum Gasteiger partial charge on any atom is 0.185 e. The van der Waals surface area contributed by atoms with Gasteiger partial charge in [0.2, 0.25) is 0 Å². The number of nitrogens with one attached hydrogen (secondary N) is 1. The second-order valence-corrected chi connectivity index (χ2v) is 5.00. The van der Waals surface area contributed by atoms with Crippen molar-refractivity contribution in [2.75, 3.05) is 19.0 Å². The molecule has 1 N–H and O–H groups in total. The lowest BCUT2D eigenvalue weighted by molar-refractivity contribution is 0.591. The molecule has 14 heavy (non-hydrogen) atoms. The molecule has 0 aliphatic carbocycles. The van der Waals surface area contributed by atoms with Gasteiger partial charge >= 0.3 is 0 Å². The van der Waals surface area contributed by atoms with Gasteiger partial charge in [-0.25, -0.2) is 4.98 Å². The molecule has 0 radical (unpaired) electrons. The molecule has 80 valence electrons. The van der Waals surface area contributed by atoms with Gasteiger partial charge in [0.05, 0.1) is 5.69 Å². The zero-order valence-corrected chi connectivity index (χ0v) is 10.4. The van der Waals surface area contributed by atoms with Crippen molar-refractivity contribution < 1.29 is 0 Å². The van der Waals surface area contributed by atoms with E-state index in [2.05, 4.69) is 36.0 Å². The van der Waals surface area contributed by atoms with Crippen molar-refractivity contribution in [3.05, 3.63) is 10.6 Å². The minimum absolute atomic E-state index is 0.527. The number of thiazole rings is 1. The van der Waals surface area contributed by atoms with E-state index in [0.717, 1.165) is 17.4 Å². The van der Waals surface area contributed by atoms with Crippen LogP contribution < -0.4 is 10.2 Å². The van der Waals surface area contributed by atoms with Crippen LogP contribution in [0.15, 0.2) is 0 Å². The third kappa shape index (κ3) is 2.96. The van der Waals surface area contributed by atoms with E-state index in [4.69, 9.17) is 0 Å². The Morgan fingerprint density at radius 3 is 2.50 bits per heavy atom. The van der Waals surface area contributed by atoms with Crippen LogP contribution in [-0.2, 0) is 6.54 Å². The standard InChI is InChI=1S/C10H19N3S/c1-7(2)11-6-9-8(3)12-10(14-9)13(4)5/h7,11H,6H2,1-5H3. The van der Waals surface area contributed by atoms with Crippen molar-refractivity contribution in [3.8, 4) is 0 Å². The Bertz CT molecular complexity index is 292. The van der Waals surface area contributed by atoms with Crippen molar-refractivity contribution in [1.82, 2.24) is 10.3 Å². The number of aromatic nitrogens is 1. The second-order valence-electron chi connectivity index (χ2n) is 3.94. The van der Waals surface area contributed by atoms with Crippen molar-refractivity contribution in [3.63, 3.8) is 0 Å². The number of anilines is 1. The molecule has 0 unspecified atom stereocenters. The molecule has 1 aromatic rings. The Labute approximate surface area is 90.2 Å². The lowest BCUT2D eigenvalue weighted by atomic mass is 10.3. The molecule has 3 nitrogen and oxygen atoms in total. The molecule has 1 heterocycles. The minimum Gasteiger partial charge on any atom is -0.354 e. The molecule has 0 spiro atoms. The number of hydrogen-bond acceptors (Lipinski definition) is 4. The van der Waals surface area contributed by atoms with Crippen LogP contribution in [0.25, 0.3) is 0 Å². The summed E-state index contributed by atoms with van der Waals surface area (Å²) in [6.45, 7) is 7.31. The van der Waals surface area contributed by atoms with Gasteiger partial charge in [0.1, 0.15) is 0 Å². The van der Waals surface area contributed by atoms with Gasteiger partial charge < -0.3 is 10.2 Å². The molecule has 0 fully saturated rings. The first kappa shape index (κ1) is 11.5. The Hall–Kier alpha value is -0.610. The van der Waals surface area contributed by atoms with E-state index in [1.54, 1.807) is 11.3 Å². The maximum absolute atomic E-state index is 4.49. The van der Waals surface area contributed by atoms with E-state index in [-0.39, 0.29) is 0 Å². The van der Waals surface area contributed by atoms with Crippen molar-refractivity contribution in [2.45, 2.75) is 33.4 Å². The predicted molar refractivity (Wildman–Crippen MR) is 63.2 cm³/mol. The number of aryl methyl sites for hydroxylation is 1. The zero-order valence-electron chi connectivity index (χ0n) is 9.59. The number of nitrogens with zero attached hydrogens (tertiary/aromatic N) is 2. The average molecular weight is 213 g/mol. The number of rotatable bonds is 4. The summed E-state index contributed by atoms with van der Waals surface area (Å²) in [5.41, 5.74) is 1.15. The molecule has 0 aromatic carbocycles.